The Morgan fingerprint density at radius 2 is 2.24 bits per heavy atom. The predicted octanol–water partition coefficient (Wildman–Crippen LogP) is 1.98. The molecule has 0 aliphatic heterocycles. The van der Waals surface area contributed by atoms with Gasteiger partial charge in [-0.1, -0.05) is 6.07 Å². The lowest BCUT2D eigenvalue weighted by Gasteiger charge is -2.23. The first kappa shape index (κ1) is 13.9. The van der Waals surface area contributed by atoms with Gasteiger partial charge in [0.15, 0.2) is 0 Å². The minimum absolute atomic E-state index is 0.393. The molecule has 1 unspecified atom stereocenters. The first-order valence-electron chi connectivity index (χ1n) is 6.06. The standard InChI is InChI=1S/C13H23N3O/c1-5-14-13-8-6-7-12(15-13)9-16(3)11(2)10-17-4/h6-8,11H,5,9-10H2,1-4H3,(H,14,15). The number of hydrogen-bond acceptors (Lipinski definition) is 4. The van der Waals surface area contributed by atoms with Gasteiger partial charge in [-0.25, -0.2) is 4.98 Å². The van der Waals surface area contributed by atoms with E-state index in [1.165, 1.54) is 0 Å². The van der Waals surface area contributed by atoms with Gasteiger partial charge in [0.05, 0.1) is 12.3 Å². The molecule has 0 saturated heterocycles. The van der Waals surface area contributed by atoms with E-state index in [4.69, 9.17) is 4.74 Å². The molecule has 0 aromatic carbocycles. The van der Waals surface area contributed by atoms with Crippen LogP contribution in [0.4, 0.5) is 5.82 Å². The van der Waals surface area contributed by atoms with E-state index in [0.717, 1.165) is 31.2 Å². The highest BCUT2D eigenvalue weighted by molar-refractivity contribution is 5.34. The average Bonchev–Trinajstić information content (AvgIpc) is 2.30. The Labute approximate surface area is 104 Å². The van der Waals surface area contributed by atoms with Crippen LogP contribution in [0, 0.1) is 0 Å². The fourth-order valence-electron chi connectivity index (χ4n) is 1.63. The summed E-state index contributed by atoms with van der Waals surface area (Å²) in [4.78, 5) is 6.79. The number of aromatic nitrogens is 1. The zero-order valence-corrected chi connectivity index (χ0v) is 11.2. The second-order valence-corrected chi connectivity index (χ2v) is 4.26. The zero-order valence-electron chi connectivity index (χ0n) is 11.2. The van der Waals surface area contributed by atoms with E-state index < -0.39 is 0 Å². The van der Waals surface area contributed by atoms with Gasteiger partial charge in [-0.3, -0.25) is 4.90 Å². The summed E-state index contributed by atoms with van der Waals surface area (Å²) in [7, 11) is 3.82. The normalized spacial score (nSPS) is 12.8. The monoisotopic (exact) mass is 237 g/mol. The molecule has 0 bridgehead atoms. The molecule has 0 radical (unpaired) electrons. The number of nitrogens with one attached hydrogen (secondary N) is 1. The summed E-state index contributed by atoms with van der Waals surface area (Å²) >= 11 is 0. The molecule has 0 aliphatic carbocycles. The molecule has 1 aromatic heterocycles. The number of hydrogen-bond donors (Lipinski definition) is 1. The van der Waals surface area contributed by atoms with Gasteiger partial charge in [-0.2, -0.15) is 0 Å². The molecule has 1 aromatic rings. The Hall–Kier alpha value is -1.13. The molecule has 1 atom stereocenters. The number of anilines is 1. The van der Waals surface area contributed by atoms with Crippen molar-refractivity contribution < 1.29 is 4.74 Å². The SMILES string of the molecule is CCNc1cccc(CN(C)C(C)COC)n1. The summed E-state index contributed by atoms with van der Waals surface area (Å²) in [5.41, 5.74) is 1.08. The lowest BCUT2D eigenvalue weighted by atomic mass is 10.2. The molecule has 4 nitrogen and oxygen atoms in total. The van der Waals surface area contributed by atoms with E-state index in [1.807, 2.05) is 12.1 Å². The lowest BCUT2D eigenvalue weighted by molar-refractivity contribution is 0.111. The summed E-state index contributed by atoms with van der Waals surface area (Å²) < 4.78 is 5.15. The Balaban J connectivity index is 2.58. The maximum Gasteiger partial charge on any atom is 0.126 e. The zero-order chi connectivity index (χ0) is 12.7. The van der Waals surface area contributed by atoms with Gasteiger partial charge >= 0.3 is 0 Å². The molecule has 4 heteroatoms. The molecule has 1 heterocycles. The molecular formula is C13H23N3O. The first-order valence-corrected chi connectivity index (χ1v) is 6.06. The average molecular weight is 237 g/mol. The number of pyridine rings is 1. The lowest BCUT2D eigenvalue weighted by Crippen LogP contribution is -2.32. The summed E-state index contributed by atoms with van der Waals surface area (Å²) in [5, 5.41) is 3.22. The molecule has 0 saturated carbocycles. The van der Waals surface area contributed by atoms with Crippen LogP contribution in [0.1, 0.15) is 19.5 Å². The summed E-state index contributed by atoms with van der Waals surface area (Å²) in [6.45, 7) is 6.69. The summed E-state index contributed by atoms with van der Waals surface area (Å²) in [5.74, 6) is 0.942. The van der Waals surface area contributed by atoms with Gasteiger partial charge < -0.3 is 10.1 Å². The fraction of sp³-hybridized carbons (Fsp3) is 0.615. The van der Waals surface area contributed by atoms with E-state index in [1.54, 1.807) is 7.11 Å². The van der Waals surface area contributed by atoms with E-state index in [9.17, 15) is 0 Å². The van der Waals surface area contributed by atoms with Crippen molar-refractivity contribution in [2.24, 2.45) is 0 Å². The topological polar surface area (TPSA) is 37.4 Å². The molecule has 1 N–H and O–H groups in total. The van der Waals surface area contributed by atoms with Crippen LogP contribution in [-0.4, -0.2) is 43.2 Å². The van der Waals surface area contributed by atoms with Gasteiger partial charge in [-0.15, -0.1) is 0 Å². The van der Waals surface area contributed by atoms with Crippen molar-refractivity contribution in [2.75, 3.05) is 32.6 Å². The third kappa shape index (κ3) is 4.71. The van der Waals surface area contributed by atoms with Crippen LogP contribution in [0.15, 0.2) is 18.2 Å². The van der Waals surface area contributed by atoms with E-state index >= 15 is 0 Å². The second kappa shape index (κ2) is 7.25. The highest BCUT2D eigenvalue weighted by atomic mass is 16.5. The van der Waals surface area contributed by atoms with Gasteiger partial charge in [0.2, 0.25) is 0 Å². The van der Waals surface area contributed by atoms with Crippen LogP contribution in [0.5, 0.6) is 0 Å². The number of methoxy groups -OCH3 is 1. The van der Waals surface area contributed by atoms with Gasteiger partial charge in [-0.05, 0) is 33.0 Å². The molecular weight excluding hydrogens is 214 g/mol. The van der Waals surface area contributed by atoms with Gasteiger partial charge in [0, 0.05) is 26.2 Å². The molecule has 0 amide bonds. The van der Waals surface area contributed by atoms with Crippen LogP contribution >= 0.6 is 0 Å². The first-order chi connectivity index (χ1) is 8.17. The number of nitrogens with zero attached hydrogens (tertiary/aromatic N) is 2. The number of likely N-dealkylation sites (N-methyl/N-ethyl adjacent to an activating group) is 1. The molecule has 0 spiro atoms. The summed E-state index contributed by atoms with van der Waals surface area (Å²) in [6, 6.07) is 6.47. The largest absolute Gasteiger partial charge is 0.383 e. The molecule has 96 valence electrons. The van der Waals surface area contributed by atoms with E-state index in [2.05, 4.69) is 42.2 Å². The van der Waals surface area contributed by atoms with Gasteiger partial charge in [0.25, 0.3) is 0 Å². The van der Waals surface area contributed by atoms with Crippen molar-refractivity contribution in [2.45, 2.75) is 26.4 Å². The third-order valence-electron chi connectivity index (χ3n) is 2.74. The molecule has 0 fully saturated rings. The van der Waals surface area contributed by atoms with E-state index in [0.29, 0.717) is 6.04 Å². The van der Waals surface area contributed by atoms with Crippen LogP contribution in [0.3, 0.4) is 0 Å². The van der Waals surface area contributed by atoms with Crippen molar-refractivity contribution in [3.8, 4) is 0 Å². The maximum absolute atomic E-state index is 5.15. The highest BCUT2D eigenvalue weighted by Gasteiger charge is 2.09. The maximum atomic E-state index is 5.15. The molecule has 17 heavy (non-hydrogen) atoms. The van der Waals surface area contributed by atoms with Crippen molar-refractivity contribution in [3.05, 3.63) is 23.9 Å². The van der Waals surface area contributed by atoms with Gasteiger partial charge in [0.1, 0.15) is 5.82 Å². The third-order valence-corrected chi connectivity index (χ3v) is 2.74. The Morgan fingerprint density at radius 3 is 2.88 bits per heavy atom. The van der Waals surface area contributed by atoms with Crippen LogP contribution < -0.4 is 5.32 Å². The Kier molecular flexibility index (Phi) is 5.94. The minimum atomic E-state index is 0.393. The van der Waals surface area contributed by atoms with Crippen molar-refractivity contribution in [3.63, 3.8) is 0 Å². The van der Waals surface area contributed by atoms with Crippen molar-refractivity contribution >= 4 is 5.82 Å². The fourth-order valence-corrected chi connectivity index (χ4v) is 1.63. The smallest absolute Gasteiger partial charge is 0.126 e. The van der Waals surface area contributed by atoms with Crippen LogP contribution in [0.25, 0.3) is 0 Å². The highest BCUT2D eigenvalue weighted by Crippen LogP contribution is 2.08. The quantitative estimate of drug-likeness (QED) is 0.787. The van der Waals surface area contributed by atoms with Crippen molar-refractivity contribution in [1.29, 1.82) is 0 Å². The Morgan fingerprint density at radius 1 is 1.47 bits per heavy atom. The molecule has 1 rings (SSSR count). The predicted molar refractivity (Wildman–Crippen MR) is 71.2 cm³/mol. The number of ether oxygens (including phenoxy) is 1. The van der Waals surface area contributed by atoms with E-state index in [-0.39, 0.29) is 0 Å². The number of rotatable bonds is 7. The van der Waals surface area contributed by atoms with Crippen LogP contribution in [0.2, 0.25) is 0 Å². The minimum Gasteiger partial charge on any atom is -0.383 e. The second-order valence-electron chi connectivity index (χ2n) is 4.26. The van der Waals surface area contributed by atoms with Crippen molar-refractivity contribution in [1.82, 2.24) is 9.88 Å². The van der Waals surface area contributed by atoms with Crippen LogP contribution in [-0.2, 0) is 11.3 Å². The molecule has 0 aliphatic rings. The summed E-state index contributed by atoms with van der Waals surface area (Å²) in [6.07, 6.45) is 0. The Bertz CT molecular complexity index is 330.